The number of aliphatic hydroxyl groups is 1. The number of β-amino-alcohol motifs (C(OH)–C–C–N with tert-alkyl or cyclic N) is 1. The largest absolute Gasteiger partial charge is 0.491 e. The summed E-state index contributed by atoms with van der Waals surface area (Å²) >= 11 is 0. The van der Waals surface area contributed by atoms with Crippen LogP contribution in [0.4, 0.5) is 9.18 Å². The summed E-state index contributed by atoms with van der Waals surface area (Å²) in [5, 5.41) is 12.7. The number of rotatable bonds is 6. The van der Waals surface area contributed by atoms with Gasteiger partial charge >= 0.3 is 6.03 Å². The standard InChI is InChI=1S/C19H19FN2O4/c1-19(13-7-9-14(20)10-8-13)17(24)22(18(25)21-19)11-15(23)12-26-16-5-3-2-4-6-16/h2-10,15,23H,11-12H2,1H3,(H,21,25)/t15-,19-/m0/s1. The maximum atomic E-state index is 13.1. The number of imide groups is 1. The number of nitrogens with zero attached hydrogens (tertiary/aromatic N) is 1. The highest BCUT2D eigenvalue weighted by Crippen LogP contribution is 2.29. The van der Waals surface area contributed by atoms with E-state index in [1.54, 1.807) is 31.2 Å². The molecule has 0 aromatic heterocycles. The van der Waals surface area contributed by atoms with Crippen LogP contribution in [0, 0.1) is 5.82 Å². The first kappa shape index (κ1) is 17.9. The van der Waals surface area contributed by atoms with Gasteiger partial charge in [-0.1, -0.05) is 30.3 Å². The Balaban J connectivity index is 1.66. The van der Waals surface area contributed by atoms with Gasteiger partial charge in [-0.05, 0) is 36.8 Å². The average Bonchev–Trinajstić information content (AvgIpc) is 2.85. The highest BCUT2D eigenvalue weighted by atomic mass is 19.1. The lowest BCUT2D eigenvalue weighted by Crippen LogP contribution is -2.42. The van der Waals surface area contributed by atoms with Crippen molar-refractivity contribution < 1.29 is 23.8 Å². The van der Waals surface area contributed by atoms with Crippen LogP contribution < -0.4 is 10.1 Å². The Kier molecular flexibility index (Phi) is 4.90. The number of carbonyl (C=O) groups is 2. The molecule has 6 nitrogen and oxygen atoms in total. The Hall–Kier alpha value is -2.93. The van der Waals surface area contributed by atoms with Crippen LogP contribution >= 0.6 is 0 Å². The van der Waals surface area contributed by atoms with Crippen LogP contribution in [0.25, 0.3) is 0 Å². The first-order valence-electron chi connectivity index (χ1n) is 8.16. The molecule has 7 heteroatoms. The molecular weight excluding hydrogens is 339 g/mol. The summed E-state index contributed by atoms with van der Waals surface area (Å²) in [5.41, 5.74) is -0.833. The van der Waals surface area contributed by atoms with E-state index >= 15 is 0 Å². The number of halogens is 1. The Labute approximate surface area is 150 Å². The minimum absolute atomic E-state index is 0.0612. The molecule has 3 rings (SSSR count). The third-order valence-corrected chi connectivity index (χ3v) is 4.28. The molecule has 2 aromatic carbocycles. The quantitative estimate of drug-likeness (QED) is 0.775. The molecule has 1 saturated heterocycles. The molecule has 1 aliphatic rings. The normalized spacial score (nSPS) is 20.8. The second-order valence-corrected chi connectivity index (χ2v) is 6.26. The molecule has 26 heavy (non-hydrogen) atoms. The van der Waals surface area contributed by atoms with E-state index in [-0.39, 0.29) is 13.2 Å². The number of hydrogen-bond donors (Lipinski definition) is 2. The van der Waals surface area contributed by atoms with Gasteiger partial charge in [0.15, 0.2) is 0 Å². The van der Waals surface area contributed by atoms with Crippen LogP contribution in [-0.4, -0.2) is 41.2 Å². The first-order valence-corrected chi connectivity index (χ1v) is 8.16. The van der Waals surface area contributed by atoms with Crippen molar-refractivity contribution in [3.05, 3.63) is 66.0 Å². The fraction of sp³-hybridized carbons (Fsp3) is 0.263. The molecule has 0 spiro atoms. The first-order chi connectivity index (χ1) is 12.4. The van der Waals surface area contributed by atoms with Crippen molar-refractivity contribution >= 4 is 11.9 Å². The Morgan fingerprint density at radius 3 is 2.46 bits per heavy atom. The monoisotopic (exact) mass is 358 g/mol. The molecule has 1 aliphatic heterocycles. The van der Waals surface area contributed by atoms with Gasteiger partial charge in [0.25, 0.3) is 5.91 Å². The summed E-state index contributed by atoms with van der Waals surface area (Å²) in [7, 11) is 0. The lowest BCUT2D eigenvalue weighted by molar-refractivity contribution is -0.132. The van der Waals surface area contributed by atoms with Crippen LogP contribution in [0.3, 0.4) is 0 Å². The predicted octanol–water partition coefficient (Wildman–Crippen LogP) is 2.03. The molecule has 0 saturated carbocycles. The Morgan fingerprint density at radius 2 is 1.81 bits per heavy atom. The third-order valence-electron chi connectivity index (χ3n) is 4.28. The van der Waals surface area contributed by atoms with Gasteiger partial charge in [-0.25, -0.2) is 9.18 Å². The summed E-state index contributed by atoms with van der Waals surface area (Å²) in [4.78, 5) is 25.9. The highest BCUT2D eigenvalue weighted by Gasteiger charge is 2.49. The maximum Gasteiger partial charge on any atom is 0.325 e. The molecule has 0 bridgehead atoms. The van der Waals surface area contributed by atoms with E-state index in [0.717, 1.165) is 4.90 Å². The van der Waals surface area contributed by atoms with Crippen LogP contribution in [-0.2, 0) is 10.3 Å². The number of amides is 3. The second kappa shape index (κ2) is 7.13. The predicted molar refractivity (Wildman–Crippen MR) is 91.9 cm³/mol. The number of ether oxygens (including phenoxy) is 1. The van der Waals surface area contributed by atoms with Crippen molar-refractivity contribution in [2.45, 2.75) is 18.6 Å². The van der Waals surface area contributed by atoms with Crippen LogP contribution in [0.5, 0.6) is 5.75 Å². The lowest BCUT2D eigenvalue weighted by Gasteiger charge is -2.23. The van der Waals surface area contributed by atoms with E-state index in [9.17, 15) is 19.1 Å². The molecule has 1 heterocycles. The van der Waals surface area contributed by atoms with Crippen molar-refractivity contribution in [3.63, 3.8) is 0 Å². The average molecular weight is 358 g/mol. The SMILES string of the molecule is C[C@@]1(c2ccc(F)cc2)NC(=O)N(C[C@H](O)COc2ccccc2)C1=O. The topological polar surface area (TPSA) is 78.9 Å². The fourth-order valence-corrected chi connectivity index (χ4v) is 2.81. The summed E-state index contributed by atoms with van der Waals surface area (Å²) in [6, 6.07) is 13.7. The van der Waals surface area contributed by atoms with E-state index < -0.39 is 29.4 Å². The molecule has 0 aliphatic carbocycles. The highest BCUT2D eigenvalue weighted by molar-refractivity contribution is 6.07. The van der Waals surface area contributed by atoms with Gasteiger partial charge in [0.2, 0.25) is 0 Å². The zero-order valence-corrected chi connectivity index (χ0v) is 14.2. The fourth-order valence-electron chi connectivity index (χ4n) is 2.81. The van der Waals surface area contributed by atoms with Crippen molar-refractivity contribution in [1.29, 1.82) is 0 Å². The van der Waals surface area contributed by atoms with Crippen LogP contribution in [0.2, 0.25) is 0 Å². The van der Waals surface area contributed by atoms with E-state index in [1.807, 2.05) is 6.07 Å². The molecule has 0 unspecified atom stereocenters. The summed E-state index contributed by atoms with van der Waals surface area (Å²) in [6.07, 6.45) is -1.04. The van der Waals surface area contributed by atoms with Gasteiger partial charge in [-0.15, -0.1) is 0 Å². The Bertz CT molecular complexity index is 797. The molecule has 3 amide bonds. The Morgan fingerprint density at radius 1 is 1.15 bits per heavy atom. The zero-order chi connectivity index (χ0) is 18.7. The number of para-hydroxylation sites is 1. The van der Waals surface area contributed by atoms with E-state index in [2.05, 4.69) is 5.32 Å². The minimum atomic E-state index is -1.30. The van der Waals surface area contributed by atoms with Gasteiger partial charge in [0, 0.05) is 0 Å². The van der Waals surface area contributed by atoms with Gasteiger partial charge < -0.3 is 15.2 Å². The molecule has 2 aromatic rings. The number of aliphatic hydroxyl groups excluding tert-OH is 1. The number of hydrogen-bond acceptors (Lipinski definition) is 4. The molecule has 2 atom stereocenters. The van der Waals surface area contributed by atoms with E-state index in [1.165, 1.54) is 24.3 Å². The van der Waals surface area contributed by atoms with Gasteiger partial charge in [-0.3, -0.25) is 9.69 Å². The lowest BCUT2D eigenvalue weighted by atomic mass is 9.92. The summed E-state index contributed by atoms with van der Waals surface area (Å²) in [6.45, 7) is 1.29. The van der Waals surface area contributed by atoms with Crippen LogP contribution in [0.1, 0.15) is 12.5 Å². The molecule has 1 fully saturated rings. The van der Waals surface area contributed by atoms with Crippen molar-refractivity contribution in [1.82, 2.24) is 10.2 Å². The molecule has 0 radical (unpaired) electrons. The number of nitrogens with one attached hydrogen (secondary N) is 1. The molecule has 2 N–H and O–H groups in total. The number of benzene rings is 2. The van der Waals surface area contributed by atoms with E-state index in [4.69, 9.17) is 4.74 Å². The van der Waals surface area contributed by atoms with Crippen LogP contribution in [0.15, 0.2) is 54.6 Å². The maximum absolute atomic E-state index is 13.1. The minimum Gasteiger partial charge on any atom is -0.491 e. The van der Waals surface area contributed by atoms with E-state index in [0.29, 0.717) is 11.3 Å². The zero-order valence-electron chi connectivity index (χ0n) is 14.2. The second-order valence-electron chi connectivity index (χ2n) is 6.26. The number of urea groups is 1. The summed E-state index contributed by atoms with van der Waals surface area (Å²) in [5.74, 6) is -0.354. The molecule has 136 valence electrons. The van der Waals surface area contributed by atoms with Gasteiger partial charge in [0.05, 0.1) is 6.54 Å². The van der Waals surface area contributed by atoms with Crippen molar-refractivity contribution in [3.8, 4) is 5.75 Å². The smallest absolute Gasteiger partial charge is 0.325 e. The van der Waals surface area contributed by atoms with Gasteiger partial charge in [-0.2, -0.15) is 0 Å². The van der Waals surface area contributed by atoms with Gasteiger partial charge in [0.1, 0.15) is 29.8 Å². The number of carbonyl (C=O) groups excluding carboxylic acids is 2. The third kappa shape index (κ3) is 3.52. The molecular formula is C19H19FN2O4. The summed E-state index contributed by atoms with van der Waals surface area (Å²) < 4.78 is 18.6. The van der Waals surface area contributed by atoms with Crippen molar-refractivity contribution in [2.24, 2.45) is 0 Å². The van der Waals surface area contributed by atoms with Crippen molar-refractivity contribution in [2.75, 3.05) is 13.2 Å².